The standard InChI is InChI=1S/C22H36/c1-7-12-19(4)17-21(6)20(5)15-11-16(8-2)18(20,3)13-9-10-14-22(17,19)21/h10,14,16-17H,7-9,11-13,15H2,1-6H3. The van der Waals surface area contributed by atoms with E-state index in [1.54, 1.807) is 0 Å². The number of hydrogen-bond acceptors (Lipinski definition) is 0. The topological polar surface area (TPSA) is 0 Å². The van der Waals surface area contributed by atoms with Crippen molar-refractivity contribution in [2.24, 2.45) is 38.9 Å². The highest BCUT2D eigenvalue weighted by Gasteiger charge is 3.00. The summed E-state index contributed by atoms with van der Waals surface area (Å²) in [7, 11) is 0. The van der Waals surface area contributed by atoms with Crippen LogP contribution < -0.4 is 0 Å². The number of allylic oxidation sites excluding steroid dienone is 2. The number of hydrogen-bond donors (Lipinski definition) is 0. The molecule has 1 spiro atoms. The highest BCUT2D eigenvalue weighted by atomic mass is 15.0. The normalized spacial score (nSPS) is 61.7. The molecule has 4 aliphatic carbocycles. The van der Waals surface area contributed by atoms with Crippen molar-refractivity contribution in [2.75, 3.05) is 0 Å². The zero-order chi connectivity index (χ0) is 16.0. The van der Waals surface area contributed by atoms with Crippen molar-refractivity contribution in [3.05, 3.63) is 12.2 Å². The molecule has 22 heavy (non-hydrogen) atoms. The van der Waals surface area contributed by atoms with Crippen molar-refractivity contribution in [1.82, 2.24) is 0 Å². The first kappa shape index (κ1) is 15.3. The van der Waals surface area contributed by atoms with Crippen LogP contribution in [0.15, 0.2) is 12.2 Å². The highest BCUT2D eigenvalue weighted by molar-refractivity contribution is 5.52. The summed E-state index contributed by atoms with van der Waals surface area (Å²) in [5, 5.41) is 0. The van der Waals surface area contributed by atoms with E-state index in [1.165, 1.54) is 44.9 Å². The summed E-state index contributed by atoms with van der Waals surface area (Å²) >= 11 is 0. The Bertz CT molecular complexity index is 532. The quantitative estimate of drug-likeness (QED) is 0.514. The molecule has 3 saturated carbocycles. The zero-order valence-corrected chi connectivity index (χ0v) is 15.8. The molecular formula is C22H36. The van der Waals surface area contributed by atoms with Gasteiger partial charge in [-0.05, 0) is 65.6 Å². The van der Waals surface area contributed by atoms with Crippen LogP contribution in [-0.2, 0) is 0 Å². The van der Waals surface area contributed by atoms with E-state index < -0.39 is 0 Å². The van der Waals surface area contributed by atoms with E-state index in [0.29, 0.717) is 27.1 Å². The van der Waals surface area contributed by atoms with Gasteiger partial charge in [-0.3, -0.25) is 0 Å². The average Bonchev–Trinajstić information content (AvgIpc) is 3.21. The summed E-state index contributed by atoms with van der Waals surface area (Å²) in [6.45, 7) is 15.5. The first-order valence-electron chi connectivity index (χ1n) is 9.98. The van der Waals surface area contributed by atoms with Gasteiger partial charge in [0.15, 0.2) is 0 Å². The van der Waals surface area contributed by atoms with Gasteiger partial charge in [-0.2, -0.15) is 0 Å². The minimum Gasteiger partial charge on any atom is -0.0879 e. The van der Waals surface area contributed by atoms with Gasteiger partial charge in [0.2, 0.25) is 0 Å². The van der Waals surface area contributed by atoms with E-state index in [9.17, 15) is 0 Å². The van der Waals surface area contributed by atoms with Crippen molar-refractivity contribution >= 4 is 0 Å². The van der Waals surface area contributed by atoms with Gasteiger partial charge in [-0.15, -0.1) is 0 Å². The van der Waals surface area contributed by atoms with Crippen LogP contribution in [0.2, 0.25) is 0 Å². The van der Waals surface area contributed by atoms with Crippen LogP contribution in [-0.4, -0.2) is 0 Å². The van der Waals surface area contributed by atoms with Crippen LogP contribution in [0.25, 0.3) is 0 Å². The lowest BCUT2D eigenvalue weighted by molar-refractivity contribution is -0.0689. The third-order valence-electron chi connectivity index (χ3n) is 10.1. The molecule has 0 radical (unpaired) electrons. The second kappa shape index (κ2) is 4.04. The van der Waals surface area contributed by atoms with Crippen LogP contribution in [0, 0.1) is 38.9 Å². The fraction of sp³-hybridized carbons (Fsp3) is 0.909. The lowest BCUT2D eigenvalue weighted by Crippen LogP contribution is -2.50. The Hall–Kier alpha value is -0.260. The first-order chi connectivity index (χ1) is 10.3. The molecule has 4 rings (SSSR count). The molecule has 0 bridgehead atoms. The summed E-state index contributed by atoms with van der Waals surface area (Å²) in [4.78, 5) is 0. The van der Waals surface area contributed by atoms with Crippen LogP contribution in [0.3, 0.4) is 0 Å². The van der Waals surface area contributed by atoms with Crippen molar-refractivity contribution in [1.29, 1.82) is 0 Å². The molecule has 0 heteroatoms. The number of fused-ring (bicyclic) bond motifs is 3. The molecule has 4 aliphatic rings. The average molecular weight is 301 g/mol. The van der Waals surface area contributed by atoms with Gasteiger partial charge in [0.1, 0.15) is 0 Å². The molecule has 0 heterocycles. The van der Waals surface area contributed by atoms with E-state index in [1.807, 2.05) is 0 Å². The summed E-state index contributed by atoms with van der Waals surface area (Å²) in [6.07, 6.45) is 15.1. The van der Waals surface area contributed by atoms with Crippen LogP contribution in [0.4, 0.5) is 0 Å². The molecular weight excluding hydrogens is 264 g/mol. The Labute approximate surface area is 138 Å². The molecule has 124 valence electrons. The molecule has 0 aromatic heterocycles. The largest absolute Gasteiger partial charge is 0.0879 e. The Morgan fingerprint density at radius 2 is 1.77 bits per heavy atom. The van der Waals surface area contributed by atoms with E-state index in [2.05, 4.69) is 53.7 Å². The minimum atomic E-state index is 0.559. The smallest absolute Gasteiger partial charge is 0.00404 e. The predicted molar refractivity (Wildman–Crippen MR) is 94.6 cm³/mol. The van der Waals surface area contributed by atoms with Crippen LogP contribution in [0.1, 0.15) is 86.5 Å². The maximum atomic E-state index is 2.71. The lowest BCUT2D eigenvalue weighted by Gasteiger charge is -2.56. The van der Waals surface area contributed by atoms with Gasteiger partial charge >= 0.3 is 0 Å². The Morgan fingerprint density at radius 1 is 1.05 bits per heavy atom. The lowest BCUT2D eigenvalue weighted by atomic mass is 9.48. The fourth-order valence-electron chi connectivity index (χ4n) is 8.77. The SMILES string of the molecule is CCCC1(C)C2C3(C)C4(C)CCC(CC)C4(C)CCC=CC213. The maximum absolute atomic E-state index is 2.71. The fourth-order valence-corrected chi connectivity index (χ4v) is 8.77. The molecule has 0 saturated heterocycles. The molecule has 7 atom stereocenters. The molecule has 3 fully saturated rings. The Balaban J connectivity index is 1.78. The molecule has 0 aromatic carbocycles. The van der Waals surface area contributed by atoms with E-state index in [-0.39, 0.29) is 0 Å². The number of rotatable bonds is 3. The van der Waals surface area contributed by atoms with Crippen molar-refractivity contribution < 1.29 is 0 Å². The van der Waals surface area contributed by atoms with Crippen LogP contribution in [0.5, 0.6) is 0 Å². The zero-order valence-electron chi connectivity index (χ0n) is 15.8. The van der Waals surface area contributed by atoms with Crippen molar-refractivity contribution in [3.63, 3.8) is 0 Å². The van der Waals surface area contributed by atoms with Gasteiger partial charge in [-0.25, -0.2) is 0 Å². The van der Waals surface area contributed by atoms with Gasteiger partial charge in [0.25, 0.3) is 0 Å². The van der Waals surface area contributed by atoms with Crippen molar-refractivity contribution in [2.45, 2.75) is 86.5 Å². The third kappa shape index (κ3) is 1.18. The second-order valence-corrected chi connectivity index (χ2v) is 10.0. The summed E-state index contributed by atoms with van der Waals surface area (Å²) in [5.74, 6) is 1.93. The molecule has 7 unspecified atom stereocenters. The van der Waals surface area contributed by atoms with E-state index >= 15 is 0 Å². The maximum Gasteiger partial charge on any atom is 0.00404 e. The summed E-state index contributed by atoms with van der Waals surface area (Å²) < 4.78 is 0. The molecule has 0 aromatic rings. The van der Waals surface area contributed by atoms with Gasteiger partial charge < -0.3 is 0 Å². The van der Waals surface area contributed by atoms with E-state index in [4.69, 9.17) is 0 Å². The monoisotopic (exact) mass is 300 g/mol. The second-order valence-electron chi connectivity index (χ2n) is 10.0. The van der Waals surface area contributed by atoms with Crippen LogP contribution >= 0.6 is 0 Å². The summed E-state index contributed by atoms with van der Waals surface area (Å²) in [6, 6.07) is 0. The molecule has 0 aliphatic heterocycles. The van der Waals surface area contributed by atoms with E-state index in [0.717, 1.165) is 11.8 Å². The third-order valence-corrected chi connectivity index (χ3v) is 10.1. The first-order valence-corrected chi connectivity index (χ1v) is 9.98. The van der Waals surface area contributed by atoms with Gasteiger partial charge in [-0.1, -0.05) is 66.5 Å². The molecule has 0 nitrogen and oxygen atoms in total. The molecule has 0 N–H and O–H groups in total. The highest BCUT2D eigenvalue weighted by Crippen LogP contribution is 3.04. The minimum absolute atomic E-state index is 0.559. The van der Waals surface area contributed by atoms with Crippen molar-refractivity contribution in [3.8, 4) is 0 Å². The predicted octanol–water partition coefficient (Wildman–Crippen LogP) is 6.61. The van der Waals surface area contributed by atoms with Gasteiger partial charge in [0.05, 0.1) is 0 Å². The Morgan fingerprint density at radius 3 is 2.41 bits per heavy atom. The Kier molecular flexibility index (Phi) is 2.80. The summed E-state index contributed by atoms with van der Waals surface area (Å²) in [5.41, 5.74) is 2.89. The molecule has 0 amide bonds. The van der Waals surface area contributed by atoms with Gasteiger partial charge in [0, 0.05) is 5.41 Å².